The first-order valence-corrected chi connectivity index (χ1v) is 7.08. The Morgan fingerprint density at radius 1 is 1.50 bits per heavy atom. The lowest BCUT2D eigenvalue weighted by Crippen LogP contribution is -2.48. The summed E-state index contributed by atoms with van der Waals surface area (Å²) in [7, 11) is -3.38. The summed E-state index contributed by atoms with van der Waals surface area (Å²) in [5.74, 6) is 0.422. The fourth-order valence-electron chi connectivity index (χ4n) is 1.90. The van der Waals surface area contributed by atoms with Gasteiger partial charge in [0.25, 0.3) is 0 Å². The van der Waals surface area contributed by atoms with Crippen LogP contribution in [0.5, 0.6) is 0 Å². The van der Waals surface area contributed by atoms with Crippen LogP contribution in [0, 0.1) is 5.92 Å². The topological polar surface area (TPSA) is 86.1 Å². The van der Waals surface area contributed by atoms with E-state index in [-0.39, 0.29) is 11.4 Å². The predicted molar refractivity (Wildman–Crippen MR) is 67.2 cm³/mol. The fraction of sp³-hybridized carbons (Fsp3) is 0.455. The molecule has 1 aromatic rings. The zero-order valence-electron chi connectivity index (χ0n) is 10.0. The van der Waals surface area contributed by atoms with Gasteiger partial charge >= 0.3 is 0 Å². The van der Waals surface area contributed by atoms with E-state index in [4.69, 9.17) is 5.53 Å². The normalized spacial score (nSPS) is 16.9. The van der Waals surface area contributed by atoms with Crippen molar-refractivity contribution in [1.29, 1.82) is 0 Å². The largest absolute Gasteiger partial charge is 0.243 e. The molecule has 0 amide bonds. The molecule has 6 nitrogen and oxygen atoms in total. The van der Waals surface area contributed by atoms with Crippen LogP contribution in [0.4, 0.5) is 0 Å². The van der Waals surface area contributed by atoms with Gasteiger partial charge in [0.1, 0.15) is 0 Å². The minimum Gasteiger partial charge on any atom is -0.207 e. The summed E-state index contributed by atoms with van der Waals surface area (Å²) in [5.41, 5.74) is 8.95. The summed E-state index contributed by atoms with van der Waals surface area (Å²) in [4.78, 5) is 2.92. The van der Waals surface area contributed by atoms with Crippen molar-refractivity contribution >= 4 is 10.0 Å². The van der Waals surface area contributed by atoms with E-state index in [0.717, 1.165) is 0 Å². The second-order valence-corrected chi connectivity index (χ2v) is 6.40. The Morgan fingerprint density at radius 2 is 2.22 bits per heavy atom. The van der Waals surface area contributed by atoms with Gasteiger partial charge in [-0.3, -0.25) is 0 Å². The molecule has 96 valence electrons. The maximum Gasteiger partial charge on any atom is 0.243 e. The quantitative estimate of drug-likeness (QED) is 0.475. The maximum absolute atomic E-state index is 12.2. The molecule has 0 spiro atoms. The molecule has 2 rings (SSSR count). The van der Waals surface area contributed by atoms with Gasteiger partial charge in [-0.25, -0.2) is 8.42 Å². The van der Waals surface area contributed by atoms with Crippen LogP contribution in [0.25, 0.3) is 10.4 Å². The van der Waals surface area contributed by atoms with Crippen molar-refractivity contribution < 1.29 is 8.42 Å². The highest BCUT2D eigenvalue weighted by atomic mass is 32.2. The van der Waals surface area contributed by atoms with E-state index in [9.17, 15) is 8.42 Å². The van der Waals surface area contributed by atoms with Crippen LogP contribution in [-0.2, 0) is 16.6 Å². The molecule has 0 bridgehead atoms. The molecule has 1 aromatic carbocycles. The average Bonchev–Trinajstić information content (AvgIpc) is 2.33. The first-order valence-electron chi connectivity index (χ1n) is 5.64. The number of benzene rings is 1. The molecule has 1 aliphatic rings. The zero-order chi connectivity index (χ0) is 13.2. The Labute approximate surface area is 106 Å². The van der Waals surface area contributed by atoms with E-state index in [0.29, 0.717) is 24.6 Å². The van der Waals surface area contributed by atoms with Crippen LogP contribution in [0.15, 0.2) is 34.3 Å². The Morgan fingerprint density at radius 3 is 2.83 bits per heavy atom. The van der Waals surface area contributed by atoms with Gasteiger partial charge in [0.2, 0.25) is 10.0 Å². The van der Waals surface area contributed by atoms with Gasteiger partial charge in [-0.15, -0.1) is 0 Å². The van der Waals surface area contributed by atoms with E-state index in [1.54, 1.807) is 24.3 Å². The molecule has 0 N–H and O–H groups in total. The number of nitrogens with zero attached hydrogens (tertiary/aromatic N) is 4. The first kappa shape index (κ1) is 12.9. The maximum atomic E-state index is 12.2. The van der Waals surface area contributed by atoms with Crippen molar-refractivity contribution in [1.82, 2.24) is 4.31 Å². The van der Waals surface area contributed by atoms with E-state index in [1.807, 2.05) is 6.92 Å². The van der Waals surface area contributed by atoms with Crippen LogP contribution in [0.3, 0.4) is 0 Å². The van der Waals surface area contributed by atoms with Crippen molar-refractivity contribution in [2.24, 2.45) is 11.0 Å². The van der Waals surface area contributed by atoms with Gasteiger partial charge in [-0.05, 0) is 29.1 Å². The zero-order valence-corrected chi connectivity index (χ0v) is 10.8. The third-order valence-corrected chi connectivity index (χ3v) is 4.71. The second-order valence-electron chi connectivity index (χ2n) is 4.46. The first-order chi connectivity index (χ1) is 8.54. The number of hydrogen-bond acceptors (Lipinski definition) is 3. The highest BCUT2D eigenvalue weighted by molar-refractivity contribution is 7.89. The smallest absolute Gasteiger partial charge is 0.207 e. The lowest BCUT2D eigenvalue weighted by atomic mass is 10.1. The lowest BCUT2D eigenvalue weighted by Gasteiger charge is -2.35. The van der Waals surface area contributed by atoms with E-state index in [1.165, 1.54) is 4.31 Å². The molecule has 1 aliphatic heterocycles. The van der Waals surface area contributed by atoms with E-state index >= 15 is 0 Å². The van der Waals surface area contributed by atoms with Crippen molar-refractivity contribution in [3.8, 4) is 0 Å². The molecule has 1 saturated heterocycles. The lowest BCUT2D eigenvalue weighted by molar-refractivity contribution is 0.218. The van der Waals surface area contributed by atoms with Crippen molar-refractivity contribution in [3.05, 3.63) is 40.3 Å². The molecule has 0 atom stereocenters. The van der Waals surface area contributed by atoms with Gasteiger partial charge in [0, 0.05) is 18.0 Å². The number of sulfonamides is 1. The molecule has 0 radical (unpaired) electrons. The third kappa shape index (κ3) is 2.48. The monoisotopic (exact) mass is 266 g/mol. The molecule has 1 fully saturated rings. The van der Waals surface area contributed by atoms with Crippen molar-refractivity contribution in [2.75, 3.05) is 13.1 Å². The Bertz CT molecular complexity index is 587. The SMILES string of the molecule is CC1CN(S(=O)(=O)c2cccc(CN=[N+]=[N-])c2)C1. The number of azide groups is 1. The van der Waals surface area contributed by atoms with Crippen LogP contribution >= 0.6 is 0 Å². The molecular weight excluding hydrogens is 252 g/mol. The summed E-state index contributed by atoms with van der Waals surface area (Å²) in [6.07, 6.45) is 0. The van der Waals surface area contributed by atoms with Gasteiger partial charge in [0.15, 0.2) is 0 Å². The van der Waals surface area contributed by atoms with Crippen LogP contribution in [-0.4, -0.2) is 25.8 Å². The van der Waals surface area contributed by atoms with Crippen LogP contribution < -0.4 is 0 Å². The summed E-state index contributed by atoms with van der Waals surface area (Å²) in [6, 6.07) is 6.54. The Kier molecular flexibility index (Phi) is 3.56. The molecular formula is C11H14N4O2S. The standard InChI is InChI=1S/C11H14N4O2S/c1-9-7-15(8-9)18(16,17)11-4-2-3-10(5-11)6-13-14-12/h2-5,9H,6-8H2,1H3. The molecule has 0 unspecified atom stereocenters. The fourth-order valence-corrected chi connectivity index (χ4v) is 3.66. The van der Waals surface area contributed by atoms with E-state index in [2.05, 4.69) is 10.0 Å². The minimum absolute atomic E-state index is 0.163. The van der Waals surface area contributed by atoms with Gasteiger partial charge in [-0.2, -0.15) is 4.31 Å². The number of rotatable bonds is 4. The molecule has 0 saturated carbocycles. The highest BCUT2D eigenvalue weighted by Crippen LogP contribution is 2.25. The van der Waals surface area contributed by atoms with Crippen molar-refractivity contribution in [2.45, 2.75) is 18.4 Å². The highest BCUT2D eigenvalue weighted by Gasteiger charge is 2.34. The molecule has 0 aromatic heterocycles. The molecule has 7 heteroatoms. The summed E-state index contributed by atoms with van der Waals surface area (Å²) >= 11 is 0. The van der Waals surface area contributed by atoms with Crippen LogP contribution in [0.2, 0.25) is 0 Å². The second kappa shape index (κ2) is 4.97. The Balaban J connectivity index is 2.25. The average molecular weight is 266 g/mol. The number of hydrogen-bond donors (Lipinski definition) is 0. The van der Waals surface area contributed by atoms with Gasteiger partial charge in [0.05, 0.1) is 11.4 Å². The minimum atomic E-state index is -3.38. The summed E-state index contributed by atoms with van der Waals surface area (Å²) < 4.78 is 25.9. The van der Waals surface area contributed by atoms with Crippen molar-refractivity contribution in [3.63, 3.8) is 0 Å². The third-order valence-electron chi connectivity index (χ3n) is 2.88. The van der Waals surface area contributed by atoms with Crippen LogP contribution in [0.1, 0.15) is 12.5 Å². The predicted octanol–water partition coefficient (Wildman–Crippen LogP) is 2.14. The summed E-state index contributed by atoms with van der Waals surface area (Å²) in [5, 5.41) is 3.43. The van der Waals surface area contributed by atoms with E-state index < -0.39 is 10.0 Å². The van der Waals surface area contributed by atoms with Gasteiger partial charge in [-0.1, -0.05) is 24.2 Å². The molecule has 0 aliphatic carbocycles. The summed E-state index contributed by atoms with van der Waals surface area (Å²) in [6.45, 7) is 3.33. The molecule has 1 heterocycles. The van der Waals surface area contributed by atoms with Gasteiger partial charge < -0.3 is 0 Å². The Hall–Kier alpha value is -1.56. The molecule has 18 heavy (non-hydrogen) atoms.